The molecule has 2 atom stereocenters. The third kappa shape index (κ3) is 3.08. The minimum atomic E-state index is 0.511. The average Bonchev–Trinajstić information content (AvgIpc) is 2.45. The lowest BCUT2D eigenvalue weighted by Gasteiger charge is -2.19. The van der Waals surface area contributed by atoms with Crippen LogP contribution in [0.25, 0.3) is 0 Å². The second-order valence-corrected chi connectivity index (χ2v) is 4.85. The Hall–Kier alpha value is -0.830. The van der Waals surface area contributed by atoms with Crippen LogP contribution in [0.1, 0.15) is 44.1 Å². The fraction of sp³-hybridized carbons (Fsp3) is 0.769. The Labute approximate surface area is 99.2 Å². The molecule has 0 aliphatic heterocycles. The molecule has 3 heteroatoms. The van der Waals surface area contributed by atoms with Crippen molar-refractivity contribution >= 4 is 0 Å². The van der Waals surface area contributed by atoms with E-state index in [9.17, 15) is 0 Å². The molecule has 3 nitrogen and oxygen atoms in total. The first-order chi connectivity index (χ1) is 7.45. The van der Waals surface area contributed by atoms with Crippen LogP contribution in [0.15, 0.2) is 0 Å². The van der Waals surface area contributed by atoms with E-state index in [1.54, 1.807) is 0 Å². The van der Waals surface area contributed by atoms with E-state index in [2.05, 4.69) is 45.0 Å². The van der Waals surface area contributed by atoms with Crippen molar-refractivity contribution in [2.45, 2.75) is 59.5 Å². The van der Waals surface area contributed by atoms with Gasteiger partial charge in [-0.1, -0.05) is 6.92 Å². The fourth-order valence-electron chi connectivity index (χ4n) is 2.08. The molecule has 0 saturated heterocycles. The van der Waals surface area contributed by atoms with Crippen molar-refractivity contribution in [3.05, 3.63) is 17.0 Å². The molecule has 0 aliphatic carbocycles. The Morgan fingerprint density at radius 2 is 1.88 bits per heavy atom. The van der Waals surface area contributed by atoms with Gasteiger partial charge in [-0.3, -0.25) is 4.68 Å². The summed E-state index contributed by atoms with van der Waals surface area (Å²) in [6, 6.07) is 1.10. The SMILES string of the molecule is CCC(C)NC(C)Cc1c(C)nn(C)c1C. The second kappa shape index (κ2) is 5.48. The summed E-state index contributed by atoms with van der Waals surface area (Å²) in [5, 5.41) is 8.06. The molecule has 0 fully saturated rings. The van der Waals surface area contributed by atoms with Crippen LogP contribution < -0.4 is 5.32 Å². The predicted octanol–water partition coefficient (Wildman–Crippen LogP) is 2.36. The zero-order valence-corrected chi connectivity index (χ0v) is 11.5. The topological polar surface area (TPSA) is 29.9 Å². The summed E-state index contributed by atoms with van der Waals surface area (Å²) in [5.74, 6) is 0. The molecule has 1 heterocycles. The van der Waals surface area contributed by atoms with Crippen molar-refractivity contribution in [3.63, 3.8) is 0 Å². The average molecular weight is 223 g/mol. The molecule has 0 radical (unpaired) electrons. The first-order valence-corrected chi connectivity index (χ1v) is 6.20. The van der Waals surface area contributed by atoms with Crippen molar-refractivity contribution in [1.29, 1.82) is 0 Å². The lowest BCUT2D eigenvalue weighted by Crippen LogP contribution is -2.35. The standard InChI is InChI=1S/C13H25N3/c1-7-9(2)14-10(3)8-13-11(4)15-16(6)12(13)5/h9-10,14H,7-8H2,1-6H3. The van der Waals surface area contributed by atoms with Gasteiger partial charge in [-0.25, -0.2) is 0 Å². The van der Waals surface area contributed by atoms with Crippen LogP contribution in [-0.2, 0) is 13.5 Å². The van der Waals surface area contributed by atoms with Crippen LogP contribution in [0.2, 0.25) is 0 Å². The quantitative estimate of drug-likeness (QED) is 0.830. The van der Waals surface area contributed by atoms with Gasteiger partial charge in [0.05, 0.1) is 5.69 Å². The molecule has 0 aliphatic rings. The Balaban J connectivity index is 2.65. The van der Waals surface area contributed by atoms with Crippen molar-refractivity contribution in [2.75, 3.05) is 0 Å². The minimum Gasteiger partial charge on any atom is -0.311 e. The van der Waals surface area contributed by atoms with Crippen LogP contribution in [0.3, 0.4) is 0 Å². The molecule has 0 bridgehead atoms. The second-order valence-electron chi connectivity index (χ2n) is 4.85. The van der Waals surface area contributed by atoms with E-state index in [-0.39, 0.29) is 0 Å². The van der Waals surface area contributed by atoms with Gasteiger partial charge in [0.2, 0.25) is 0 Å². The summed E-state index contributed by atoms with van der Waals surface area (Å²) in [6.07, 6.45) is 2.24. The molecule has 0 saturated carbocycles. The van der Waals surface area contributed by atoms with E-state index in [4.69, 9.17) is 0 Å². The molecule has 1 aromatic rings. The summed E-state index contributed by atoms with van der Waals surface area (Å²) < 4.78 is 1.97. The predicted molar refractivity (Wildman–Crippen MR) is 68.7 cm³/mol. The maximum absolute atomic E-state index is 4.45. The highest BCUT2D eigenvalue weighted by Crippen LogP contribution is 2.14. The number of aryl methyl sites for hydroxylation is 2. The van der Waals surface area contributed by atoms with Crippen molar-refractivity contribution < 1.29 is 0 Å². The monoisotopic (exact) mass is 223 g/mol. The molecule has 1 rings (SSSR count). The Morgan fingerprint density at radius 3 is 2.31 bits per heavy atom. The van der Waals surface area contributed by atoms with Gasteiger partial charge in [0.15, 0.2) is 0 Å². The lowest BCUT2D eigenvalue weighted by molar-refractivity contribution is 0.454. The zero-order chi connectivity index (χ0) is 12.3. The van der Waals surface area contributed by atoms with Crippen LogP contribution >= 0.6 is 0 Å². The largest absolute Gasteiger partial charge is 0.311 e. The molecule has 92 valence electrons. The van der Waals surface area contributed by atoms with Gasteiger partial charge >= 0.3 is 0 Å². The molecular formula is C13H25N3. The third-order valence-corrected chi connectivity index (χ3v) is 3.35. The maximum atomic E-state index is 4.45. The van der Waals surface area contributed by atoms with Crippen molar-refractivity contribution in [3.8, 4) is 0 Å². The van der Waals surface area contributed by atoms with E-state index in [1.807, 2.05) is 11.7 Å². The molecule has 1 N–H and O–H groups in total. The number of hydrogen-bond donors (Lipinski definition) is 1. The first kappa shape index (κ1) is 13.2. The number of nitrogens with one attached hydrogen (secondary N) is 1. The number of rotatable bonds is 5. The molecule has 0 aromatic carbocycles. The van der Waals surface area contributed by atoms with Crippen LogP contribution in [0, 0.1) is 13.8 Å². The highest BCUT2D eigenvalue weighted by Gasteiger charge is 2.13. The molecule has 0 amide bonds. The van der Waals surface area contributed by atoms with Crippen LogP contribution in [0.5, 0.6) is 0 Å². The van der Waals surface area contributed by atoms with Gasteiger partial charge in [0, 0.05) is 24.8 Å². The maximum Gasteiger partial charge on any atom is 0.0628 e. The summed E-state index contributed by atoms with van der Waals surface area (Å²) >= 11 is 0. The van der Waals surface area contributed by atoms with Gasteiger partial charge < -0.3 is 5.32 Å². The van der Waals surface area contributed by atoms with E-state index in [0.717, 1.165) is 12.1 Å². The summed E-state index contributed by atoms with van der Waals surface area (Å²) in [4.78, 5) is 0. The Bertz CT molecular complexity index is 341. The minimum absolute atomic E-state index is 0.511. The van der Waals surface area contributed by atoms with Gasteiger partial charge in [-0.05, 0) is 46.1 Å². The number of nitrogens with zero attached hydrogens (tertiary/aromatic N) is 2. The number of aromatic nitrogens is 2. The zero-order valence-electron chi connectivity index (χ0n) is 11.5. The van der Waals surface area contributed by atoms with E-state index in [1.165, 1.54) is 17.7 Å². The molecule has 2 unspecified atom stereocenters. The van der Waals surface area contributed by atoms with Gasteiger partial charge in [-0.2, -0.15) is 5.10 Å². The van der Waals surface area contributed by atoms with Crippen molar-refractivity contribution in [1.82, 2.24) is 15.1 Å². The van der Waals surface area contributed by atoms with Gasteiger partial charge in [0.1, 0.15) is 0 Å². The first-order valence-electron chi connectivity index (χ1n) is 6.20. The number of hydrogen-bond acceptors (Lipinski definition) is 2. The summed E-state index contributed by atoms with van der Waals surface area (Å²) in [7, 11) is 2.01. The summed E-state index contributed by atoms with van der Waals surface area (Å²) in [5.41, 5.74) is 3.85. The van der Waals surface area contributed by atoms with Gasteiger partial charge in [-0.15, -0.1) is 0 Å². The Morgan fingerprint density at radius 1 is 1.25 bits per heavy atom. The normalized spacial score (nSPS) is 15.1. The summed E-state index contributed by atoms with van der Waals surface area (Å²) in [6.45, 7) is 10.9. The fourth-order valence-corrected chi connectivity index (χ4v) is 2.08. The Kier molecular flexibility index (Phi) is 4.54. The highest BCUT2D eigenvalue weighted by molar-refractivity contribution is 5.25. The van der Waals surface area contributed by atoms with Crippen LogP contribution in [0.4, 0.5) is 0 Å². The lowest BCUT2D eigenvalue weighted by atomic mass is 10.0. The van der Waals surface area contributed by atoms with E-state index in [0.29, 0.717) is 12.1 Å². The third-order valence-electron chi connectivity index (χ3n) is 3.35. The van der Waals surface area contributed by atoms with E-state index < -0.39 is 0 Å². The highest BCUT2D eigenvalue weighted by atomic mass is 15.3. The molecule has 0 spiro atoms. The van der Waals surface area contributed by atoms with E-state index >= 15 is 0 Å². The van der Waals surface area contributed by atoms with Gasteiger partial charge in [0.25, 0.3) is 0 Å². The van der Waals surface area contributed by atoms with Crippen LogP contribution in [-0.4, -0.2) is 21.9 Å². The smallest absolute Gasteiger partial charge is 0.0628 e. The molecular weight excluding hydrogens is 198 g/mol. The molecule has 16 heavy (non-hydrogen) atoms. The van der Waals surface area contributed by atoms with Crippen molar-refractivity contribution in [2.24, 2.45) is 7.05 Å². The molecule has 1 aromatic heterocycles.